The Kier molecular flexibility index (Phi) is 6.82. The smallest absolute Gasteiger partial charge is 0.312 e. The summed E-state index contributed by atoms with van der Waals surface area (Å²) in [6.45, 7) is 4.56. The third-order valence-corrected chi connectivity index (χ3v) is 3.72. The van der Waals surface area contributed by atoms with Crippen molar-refractivity contribution >= 4 is 11.3 Å². The molecule has 1 rings (SSSR count). The van der Waals surface area contributed by atoms with Gasteiger partial charge in [-0.1, -0.05) is 6.92 Å². The average Bonchev–Trinajstić information content (AvgIpc) is 2.74. The molecule has 0 fully saturated rings. The molecular formula is C13H21F3N2S. The van der Waals surface area contributed by atoms with E-state index < -0.39 is 12.6 Å². The van der Waals surface area contributed by atoms with Gasteiger partial charge in [-0.3, -0.25) is 0 Å². The standard InChI is InChI=1S/C13H21F3N2S/c1-3-7-17-9-11-4-5-12(19-11)10-18(2)8-6-13(14,15)16/h4-5,17H,3,6-10H2,1-2H3. The number of alkyl halides is 3. The van der Waals surface area contributed by atoms with Crippen LogP contribution in [0.1, 0.15) is 29.5 Å². The number of rotatable bonds is 8. The summed E-state index contributed by atoms with van der Waals surface area (Å²) in [5.74, 6) is 0. The first-order valence-corrected chi connectivity index (χ1v) is 7.26. The summed E-state index contributed by atoms with van der Waals surface area (Å²) in [7, 11) is 1.72. The molecule has 6 heteroatoms. The molecule has 0 aliphatic carbocycles. The van der Waals surface area contributed by atoms with Crippen molar-refractivity contribution in [3.8, 4) is 0 Å². The highest BCUT2D eigenvalue weighted by Crippen LogP contribution is 2.21. The van der Waals surface area contributed by atoms with Gasteiger partial charge in [-0.2, -0.15) is 13.2 Å². The van der Waals surface area contributed by atoms with Gasteiger partial charge < -0.3 is 10.2 Å². The van der Waals surface area contributed by atoms with Crippen molar-refractivity contribution in [3.63, 3.8) is 0 Å². The van der Waals surface area contributed by atoms with Crippen molar-refractivity contribution in [3.05, 3.63) is 21.9 Å². The summed E-state index contributed by atoms with van der Waals surface area (Å²) in [6.07, 6.45) is -3.73. The quantitative estimate of drug-likeness (QED) is 0.737. The molecule has 0 bridgehead atoms. The number of nitrogens with one attached hydrogen (secondary N) is 1. The van der Waals surface area contributed by atoms with Crippen LogP contribution in [0.25, 0.3) is 0 Å². The molecule has 0 saturated carbocycles. The molecule has 110 valence electrons. The van der Waals surface area contributed by atoms with E-state index in [1.807, 2.05) is 12.1 Å². The van der Waals surface area contributed by atoms with Gasteiger partial charge in [0.05, 0.1) is 6.42 Å². The van der Waals surface area contributed by atoms with Crippen molar-refractivity contribution in [2.45, 2.75) is 39.0 Å². The zero-order valence-corrected chi connectivity index (χ0v) is 12.2. The highest BCUT2D eigenvalue weighted by Gasteiger charge is 2.27. The summed E-state index contributed by atoms with van der Waals surface area (Å²) >= 11 is 1.66. The van der Waals surface area contributed by atoms with Crippen LogP contribution in [0, 0.1) is 0 Å². The minimum atomic E-state index is -4.07. The van der Waals surface area contributed by atoms with E-state index in [9.17, 15) is 13.2 Å². The lowest BCUT2D eigenvalue weighted by atomic mass is 10.3. The lowest BCUT2D eigenvalue weighted by Crippen LogP contribution is -2.23. The molecule has 0 saturated heterocycles. The van der Waals surface area contributed by atoms with E-state index in [1.165, 1.54) is 4.88 Å². The SMILES string of the molecule is CCCNCc1ccc(CN(C)CCC(F)(F)F)s1. The minimum absolute atomic E-state index is 0.0464. The average molecular weight is 294 g/mol. The summed E-state index contributed by atoms with van der Waals surface area (Å²) in [5, 5.41) is 3.31. The van der Waals surface area contributed by atoms with Gasteiger partial charge in [-0.05, 0) is 32.1 Å². The maximum absolute atomic E-state index is 12.1. The Labute approximate surface area is 116 Å². The Balaban J connectivity index is 2.32. The van der Waals surface area contributed by atoms with Gasteiger partial charge in [0.1, 0.15) is 0 Å². The Morgan fingerprint density at radius 2 is 1.95 bits per heavy atom. The number of hydrogen-bond acceptors (Lipinski definition) is 3. The first-order chi connectivity index (χ1) is 8.90. The molecule has 1 aromatic heterocycles. The second-order valence-electron chi connectivity index (χ2n) is 4.65. The lowest BCUT2D eigenvalue weighted by molar-refractivity contribution is -0.137. The van der Waals surface area contributed by atoms with E-state index >= 15 is 0 Å². The lowest BCUT2D eigenvalue weighted by Gasteiger charge is -2.16. The molecule has 1 heterocycles. The first kappa shape index (κ1) is 16.5. The Bertz CT molecular complexity index is 363. The van der Waals surface area contributed by atoms with Gasteiger partial charge in [-0.25, -0.2) is 0 Å². The van der Waals surface area contributed by atoms with E-state index in [2.05, 4.69) is 12.2 Å². The van der Waals surface area contributed by atoms with E-state index in [0.717, 1.165) is 24.4 Å². The Morgan fingerprint density at radius 1 is 1.26 bits per heavy atom. The zero-order valence-electron chi connectivity index (χ0n) is 11.4. The van der Waals surface area contributed by atoms with Crippen LogP contribution in [0.5, 0.6) is 0 Å². The van der Waals surface area contributed by atoms with Crippen LogP contribution in [0.2, 0.25) is 0 Å². The van der Waals surface area contributed by atoms with Crippen molar-refractivity contribution in [1.29, 1.82) is 0 Å². The topological polar surface area (TPSA) is 15.3 Å². The van der Waals surface area contributed by atoms with Crippen LogP contribution in [0.4, 0.5) is 13.2 Å². The van der Waals surface area contributed by atoms with Crippen LogP contribution in [-0.2, 0) is 13.1 Å². The van der Waals surface area contributed by atoms with Gasteiger partial charge in [0.15, 0.2) is 0 Å². The molecule has 0 spiro atoms. The Hall–Kier alpha value is -0.590. The molecule has 0 aliphatic rings. The van der Waals surface area contributed by atoms with E-state index in [1.54, 1.807) is 23.3 Å². The maximum atomic E-state index is 12.1. The van der Waals surface area contributed by atoms with E-state index in [-0.39, 0.29) is 6.54 Å². The van der Waals surface area contributed by atoms with E-state index in [4.69, 9.17) is 0 Å². The minimum Gasteiger partial charge on any atom is -0.312 e. The van der Waals surface area contributed by atoms with Crippen molar-refractivity contribution in [1.82, 2.24) is 10.2 Å². The molecule has 0 aliphatic heterocycles. The molecule has 0 atom stereocenters. The monoisotopic (exact) mass is 294 g/mol. The number of thiophene rings is 1. The molecule has 0 aromatic carbocycles. The Morgan fingerprint density at radius 3 is 2.58 bits per heavy atom. The second kappa shape index (κ2) is 7.87. The highest BCUT2D eigenvalue weighted by atomic mass is 32.1. The van der Waals surface area contributed by atoms with Gasteiger partial charge in [0.25, 0.3) is 0 Å². The fraction of sp³-hybridized carbons (Fsp3) is 0.692. The predicted molar refractivity (Wildman–Crippen MR) is 73.3 cm³/mol. The van der Waals surface area contributed by atoms with Crippen molar-refractivity contribution in [2.75, 3.05) is 20.1 Å². The maximum Gasteiger partial charge on any atom is 0.390 e. The number of hydrogen-bond donors (Lipinski definition) is 1. The van der Waals surface area contributed by atoms with Crippen LogP contribution in [0.15, 0.2) is 12.1 Å². The number of nitrogens with zero attached hydrogens (tertiary/aromatic N) is 1. The molecule has 19 heavy (non-hydrogen) atoms. The third kappa shape index (κ3) is 7.54. The zero-order chi connectivity index (χ0) is 14.3. The molecule has 2 nitrogen and oxygen atoms in total. The fourth-order valence-corrected chi connectivity index (χ4v) is 2.72. The summed E-state index contributed by atoms with van der Waals surface area (Å²) < 4.78 is 36.3. The van der Waals surface area contributed by atoms with E-state index in [0.29, 0.717) is 6.54 Å². The predicted octanol–water partition coefficient (Wildman–Crippen LogP) is 3.63. The first-order valence-electron chi connectivity index (χ1n) is 6.44. The van der Waals surface area contributed by atoms with Gasteiger partial charge in [-0.15, -0.1) is 11.3 Å². The fourth-order valence-electron chi connectivity index (χ4n) is 1.65. The summed E-state index contributed by atoms with van der Waals surface area (Å²) in [5.41, 5.74) is 0. The normalized spacial score (nSPS) is 12.3. The molecule has 0 radical (unpaired) electrons. The van der Waals surface area contributed by atoms with Gasteiger partial charge in [0, 0.05) is 29.4 Å². The number of halogens is 3. The van der Waals surface area contributed by atoms with Crippen molar-refractivity contribution in [2.24, 2.45) is 0 Å². The largest absolute Gasteiger partial charge is 0.390 e. The van der Waals surface area contributed by atoms with Crippen LogP contribution >= 0.6 is 11.3 Å². The molecule has 0 amide bonds. The van der Waals surface area contributed by atoms with Crippen LogP contribution in [-0.4, -0.2) is 31.2 Å². The molecular weight excluding hydrogens is 273 g/mol. The summed E-state index contributed by atoms with van der Waals surface area (Å²) in [4.78, 5) is 4.05. The van der Waals surface area contributed by atoms with Gasteiger partial charge in [0.2, 0.25) is 0 Å². The van der Waals surface area contributed by atoms with Crippen LogP contribution in [0.3, 0.4) is 0 Å². The second-order valence-corrected chi connectivity index (χ2v) is 5.90. The molecule has 1 N–H and O–H groups in total. The molecule has 1 aromatic rings. The third-order valence-electron chi connectivity index (χ3n) is 2.65. The molecule has 0 unspecified atom stereocenters. The van der Waals surface area contributed by atoms with Crippen molar-refractivity contribution < 1.29 is 13.2 Å². The van der Waals surface area contributed by atoms with Crippen LogP contribution < -0.4 is 5.32 Å². The highest BCUT2D eigenvalue weighted by molar-refractivity contribution is 7.11. The summed E-state index contributed by atoms with van der Waals surface area (Å²) in [6, 6.07) is 4.04. The van der Waals surface area contributed by atoms with Gasteiger partial charge >= 0.3 is 6.18 Å².